The Balaban J connectivity index is 1.61. The Morgan fingerprint density at radius 3 is 2.50 bits per heavy atom. The van der Waals surface area contributed by atoms with Crippen LogP contribution in [0.1, 0.15) is 16.2 Å². The summed E-state index contributed by atoms with van der Waals surface area (Å²) in [7, 11) is 6.71. The lowest BCUT2D eigenvalue weighted by Gasteiger charge is -2.34. The molecule has 1 aliphatic rings. The van der Waals surface area contributed by atoms with E-state index in [1.165, 1.54) is 7.11 Å². The number of ether oxygens (including phenoxy) is 1. The van der Waals surface area contributed by atoms with Crippen LogP contribution >= 0.6 is 0 Å². The predicted octanol–water partition coefficient (Wildman–Crippen LogP) is 0.275. The fourth-order valence-electron chi connectivity index (χ4n) is 3.42. The van der Waals surface area contributed by atoms with Crippen LogP contribution in [0.25, 0.3) is 11.0 Å². The van der Waals surface area contributed by atoms with Crippen LogP contribution in [0.15, 0.2) is 18.2 Å². The van der Waals surface area contributed by atoms with E-state index in [1.807, 2.05) is 29.8 Å². The van der Waals surface area contributed by atoms with E-state index >= 15 is 0 Å². The molecule has 0 atom stereocenters. The number of methoxy groups -OCH3 is 1. The Labute approximate surface area is 175 Å². The van der Waals surface area contributed by atoms with Crippen LogP contribution in [0.2, 0.25) is 0 Å². The zero-order valence-electron chi connectivity index (χ0n) is 17.8. The fourth-order valence-corrected chi connectivity index (χ4v) is 3.42. The molecule has 10 heteroatoms. The highest BCUT2D eigenvalue weighted by atomic mass is 16.5. The Morgan fingerprint density at radius 1 is 1.17 bits per heavy atom. The minimum Gasteiger partial charge on any atom is -0.468 e. The quantitative estimate of drug-likeness (QED) is 0.703. The molecular formula is C20H28N6O4. The first-order valence-electron chi connectivity index (χ1n) is 9.79. The summed E-state index contributed by atoms with van der Waals surface area (Å²) in [6.07, 6.45) is 0. The number of carbonyl (C=O) groups excluding carboxylic acids is 3. The number of amides is 3. The van der Waals surface area contributed by atoms with Crippen molar-refractivity contribution in [2.45, 2.75) is 6.54 Å². The standard InChI is InChI=1S/C20H28N6O4/c1-23(2)19(28)14-5-6-16-15(11-14)22-17(24(16)3)13-25-7-9-26(10-8-25)20(29)21-12-18(27)30-4/h5-6,11H,7-10,12-13H2,1-4H3,(H,21,29). The van der Waals surface area contributed by atoms with Gasteiger partial charge in [0.25, 0.3) is 5.91 Å². The highest BCUT2D eigenvalue weighted by Gasteiger charge is 2.23. The monoisotopic (exact) mass is 416 g/mol. The van der Waals surface area contributed by atoms with Crippen molar-refractivity contribution in [3.63, 3.8) is 0 Å². The minimum absolute atomic E-state index is 0.0503. The molecule has 10 nitrogen and oxygen atoms in total. The number of benzene rings is 1. The molecule has 0 unspecified atom stereocenters. The second-order valence-corrected chi connectivity index (χ2v) is 7.49. The van der Waals surface area contributed by atoms with Crippen LogP contribution in [-0.4, -0.2) is 96.1 Å². The lowest BCUT2D eigenvalue weighted by atomic mass is 10.2. The van der Waals surface area contributed by atoms with Crippen molar-refractivity contribution in [1.82, 2.24) is 29.6 Å². The number of nitrogens with one attached hydrogen (secondary N) is 1. The first kappa shape index (κ1) is 21.6. The number of aromatic nitrogens is 2. The van der Waals surface area contributed by atoms with E-state index in [1.54, 1.807) is 23.9 Å². The zero-order valence-corrected chi connectivity index (χ0v) is 17.8. The van der Waals surface area contributed by atoms with Crippen molar-refractivity contribution < 1.29 is 19.1 Å². The highest BCUT2D eigenvalue weighted by molar-refractivity contribution is 5.97. The molecule has 0 aliphatic carbocycles. The number of nitrogens with zero attached hydrogens (tertiary/aromatic N) is 5. The molecule has 3 amide bonds. The zero-order chi connectivity index (χ0) is 21.8. The normalized spacial score (nSPS) is 14.6. The number of hydrogen-bond acceptors (Lipinski definition) is 6. The maximum Gasteiger partial charge on any atom is 0.325 e. The molecule has 3 rings (SSSR count). The second-order valence-electron chi connectivity index (χ2n) is 7.49. The number of piperazine rings is 1. The number of hydrogen-bond donors (Lipinski definition) is 1. The minimum atomic E-state index is -0.473. The maximum absolute atomic E-state index is 12.2. The molecule has 1 aromatic heterocycles. The molecule has 1 N–H and O–H groups in total. The molecule has 1 fully saturated rings. The first-order valence-corrected chi connectivity index (χ1v) is 9.79. The Morgan fingerprint density at radius 2 is 1.87 bits per heavy atom. The van der Waals surface area contributed by atoms with Crippen LogP contribution in [-0.2, 0) is 23.1 Å². The van der Waals surface area contributed by atoms with Gasteiger partial charge in [-0.1, -0.05) is 0 Å². The van der Waals surface area contributed by atoms with Crippen LogP contribution in [0.3, 0.4) is 0 Å². The summed E-state index contributed by atoms with van der Waals surface area (Å²) in [5, 5.41) is 2.56. The number of carbonyl (C=O) groups is 3. The van der Waals surface area contributed by atoms with Crippen molar-refractivity contribution >= 4 is 28.9 Å². The molecule has 162 valence electrons. The molecule has 30 heavy (non-hydrogen) atoms. The summed E-state index contributed by atoms with van der Waals surface area (Å²) in [6.45, 7) is 3.07. The van der Waals surface area contributed by atoms with Crippen molar-refractivity contribution in [3.8, 4) is 0 Å². The second kappa shape index (κ2) is 9.12. The summed E-state index contributed by atoms with van der Waals surface area (Å²) < 4.78 is 6.57. The third-order valence-electron chi connectivity index (χ3n) is 5.26. The molecule has 2 aromatic rings. The van der Waals surface area contributed by atoms with Crippen LogP contribution < -0.4 is 5.32 Å². The number of rotatable bonds is 5. The molecule has 0 bridgehead atoms. The number of esters is 1. The molecule has 1 aliphatic heterocycles. The smallest absolute Gasteiger partial charge is 0.325 e. The third kappa shape index (κ3) is 4.70. The molecular weight excluding hydrogens is 388 g/mol. The van der Waals surface area contributed by atoms with Crippen molar-refractivity contribution in [3.05, 3.63) is 29.6 Å². The SMILES string of the molecule is COC(=O)CNC(=O)N1CCN(Cc2nc3cc(C(=O)N(C)C)ccc3n2C)CC1. The Kier molecular flexibility index (Phi) is 6.56. The number of fused-ring (bicyclic) bond motifs is 1. The van der Waals surface area contributed by atoms with E-state index in [0.29, 0.717) is 38.3 Å². The van der Waals surface area contributed by atoms with Gasteiger partial charge in [-0.15, -0.1) is 0 Å². The van der Waals surface area contributed by atoms with Crippen LogP contribution in [0.4, 0.5) is 4.79 Å². The fraction of sp³-hybridized carbons (Fsp3) is 0.500. The lowest BCUT2D eigenvalue weighted by Crippen LogP contribution is -2.52. The summed E-state index contributed by atoms with van der Waals surface area (Å²) in [5.74, 6) is 0.382. The van der Waals surface area contributed by atoms with Gasteiger partial charge >= 0.3 is 12.0 Å². The maximum atomic E-state index is 12.2. The van der Waals surface area contributed by atoms with Crippen LogP contribution in [0.5, 0.6) is 0 Å². The number of imidazole rings is 1. The highest BCUT2D eigenvalue weighted by Crippen LogP contribution is 2.19. The van der Waals surface area contributed by atoms with Crippen LogP contribution in [0, 0.1) is 0 Å². The average molecular weight is 416 g/mol. The Hall–Kier alpha value is -3.14. The predicted molar refractivity (Wildman–Crippen MR) is 111 cm³/mol. The van der Waals surface area contributed by atoms with Gasteiger partial charge in [0.1, 0.15) is 12.4 Å². The van der Waals surface area contributed by atoms with Gasteiger partial charge in [0.2, 0.25) is 0 Å². The largest absolute Gasteiger partial charge is 0.468 e. The molecule has 1 saturated heterocycles. The first-order chi connectivity index (χ1) is 14.3. The molecule has 0 radical (unpaired) electrons. The summed E-state index contributed by atoms with van der Waals surface area (Å²) in [5.41, 5.74) is 2.38. The van der Waals surface area contributed by atoms with Crippen molar-refractivity contribution in [2.75, 3.05) is 53.9 Å². The number of aryl methyl sites for hydroxylation is 1. The van der Waals surface area contributed by atoms with Gasteiger partial charge in [-0.3, -0.25) is 14.5 Å². The van der Waals surface area contributed by atoms with Gasteiger partial charge in [0, 0.05) is 52.9 Å². The van der Waals surface area contributed by atoms with Crippen molar-refractivity contribution in [2.24, 2.45) is 7.05 Å². The summed E-state index contributed by atoms with van der Waals surface area (Å²) in [4.78, 5) is 45.7. The van der Waals surface area contributed by atoms with Gasteiger partial charge in [-0.2, -0.15) is 0 Å². The molecule has 0 saturated carbocycles. The average Bonchev–Trinajstić information content (AvgIpc) is 3.06. The van der Waals surface area contributed by atoms with Crippen molar-refractivity contribution in [1.29, 1.82) is 0 Å². The van der Waals surface area contributed by atoms with E-state index < -0.39 is 5.97 Å². The Bertz CT molecular complexity index is 946. The van der Waals surface area contributed by atoms with Gasteiger partial charge in [-0.25, -0.2) is 9.78 Å². The third-order valence-corrected chi connectivity index (χ3v) is 5.26. The van der Waals surface area contributed by atoms with E-state index in [2.05, 4.69) is 15.0 Å². The van der Waals surface area contributed by atoms with Gasteiger partial charge in [0.05, 0.1) is 24.7 Å². The van der Waals surface area contributed by atoms with Gasteiger partial charge < -0.3 is 24.4 Å². The summed E-state index contributed by atoms with van der Waals surface area (Å²) in [6, 6.07) is 5.31. The van der Waals surface area contributed by atoms with E-state index in [0.717, 1.165) is 16.9 Å². The molecule has 0 spiro atoms. The van der Waals surface area contributed by atoms with E-state index in [9.17, 15) is 14.4 Å². The molecule has 2 heterocycles. The summed E-state index contributed by atoms with van der Waals surface area (Å²) >= 11 is 0. The lowest BCUT2D eigenvalue weighted by molar-refractivity contribution is -0.139. The van der Waals surface area contributed by atoms with Gasteiger partial charge in [-0.05, 0) is 18.2 Å². The van der Waals surface area contributed by atoms with Gasteiger partial charge in [0.15, 0.2) is 0 Å². The molecule has 1 aromatic carbocycles. The van der Waals surface area contributed by atoms with E-state index in [4.69, 9.17) is 4.98 Å². The topological polar surface area (TPSA) is 100 Å². The number of urea groups is 1. The van der Waals surface area contributed by atoms with E-state index in [-0.39, 0.29) is 18.5 Å².